The van der Waals surface area contributed by atoms with Crippen molar-refractivity contribution in [1.29, 1.82) is 0 Å². The lowest BCUT2D eigenvalue weighted by molar-refractivity contribution is -0.182. The van der Waals surface area contributed by atoms with Gasteiger partial charge in [0.2, 0.25) is 0 Å². The number of carbonyl (C=O) groups is 1. The first-order valence-corrected chi connectivity index (χ1v) is 10.5. The summed E-state index contributed by atoms with van der Waals surface area (Å²) < 4.78 is 12.1. The van der Waals surface area contributed by atoms with Gasteiger partial charge < -0.3 is 9.47 Å². The first-order valence-electron chi connectivity index (χ1n) is 10.5. The van der Waals surface area contributed by atoms with Gasteiger partial charge in [-0.05, 0) is 61.7 Å². The van der Waals surface area contributed by atoms with Crippen LogP contribution in [0.2, 0.25) is 0 Å². The van der Waals surface area contributed by atoms with Crippen LogP contribution in [0.1, 0.15) is 71.6 Å². The molecule has 5 unspecified atom stereocenters. The summed E-state index contributed by atoms with van der Waals surface area (Å²) in [5.41, 5.74) is 1.87. The molecule has 4 fully saturated rings. The molecule has 0 radical (unpaired) electrons. The summed E-state index contributed by atoms with van der Waals surface area (Å²) in [6.07, 6.45) is 12.4. The Morgan fingerprint density at radius 1 is 0.960 bits per heavy atom. The largest absolute Gasteiger partial charge is 0.347 e. The molecule has 1 heterocycles. The van der Waals surface area contributed by atoms with Crippen LogP contribution in [0, 0.1) is 28.6 Å². The van der Waals surface area contributed by atoms with E-state index in [1.807, 2.05) is 0 Å². The van der Waals surface area contributed by atoms with Crippen LogP contribution in [-0.2, 0) is 14.3 Å². The monoisotopic (exact) mass is 344 g/mol. The van der Waals surface area contributed by atoms with Crippen LogP contribution in [0.5, 0.6) is 0 Å². The zero-order chi connectivity index (χ0) is 17.3. The molecule has 25 heavy (non-hydrogen) atoms. The zero-order valence-corrected chi connectivity index (χ0v) is 15.8. The molecule has 1 saturated heterocycles. The van der Waals surface area contributed by atoms with E-state index in [4.69, 9.17) is 9.47 Å². The van der Waals surface area contributed by atoms with Gasteiger partial charge in [0.15, 0.2) is 5.79 Å². The van der Waals surface area contributed by atoms with E-state index in [9.17, 15) is 4.79 Å². The van der Waals surface area contributed by atoms with Gasteiger partial charge in [0.05, 0.1) is 13.2 Å². The molecule has 4 aliphatic carbocycles. The van der Waals surface area contributed by atoms with Gasteiger partial charge in [0.1, 0.15) is 5.78 Å². The highest BCUT2D eigenvalue weighted by Crippen LogP contribution is 2.64. The molecule has 3 nitrogen and oxygen atoms in total. The highest BCUT2D eigenvalue weighted by atomic mass is 16.7. The second-order valence-electron chi connectivity index (χ2n) is 9.80. The van der Waals surface area contributed by atoms with Crippen molar-refractivity contribution in [1.82, 2.24) is 0 Å². The lowest BCUT2D eigenvalue weighted by atomic mass is 9.51. The normalized spacial score (nSPS) is 48.5. The lowest BCUT2D eigenvalue weighted by Gasteiger charge is -2.54. The van der Waals surface area contributed by atoms with Gasteiger partial charge in [0, 0.05) is 24.7 Å². The fourth-order valence-corrected chi connectivity index (χ4v) is 7.37. The van der Waals surface area contributed by atoms with Gasteiger partial charge in [0.25, 0.3) is 0 Å². The van der Waals surface area contributed by atoms with E-state index >= 15 is 0 Å². The number of Topliss-reactive ketones (excluding diaryl/α,β-unsaturated/α-hetero) is 1. The summed E-state index contributed by atoms with van der Waals surface area (Å²) in [6, 6.07) is 0. The molecule has 0 aromatic carbocycles. The minimum Gasteiger partial charge on any atom is -0.347 e. The number of carbonyl (C=O) groups excluding carboxylic acids is 1. The Hall–Kier alpha value is -0.670. The van der Waals surface area contributed by atoms with Gasteiger partial charge >= 0.3 is 0 Å². The number of rotatable bonds is 0. The standard InChI is InChI=1S/C22H32O3/c1-20-10-11-22(24-12-13-25-22)14-15(20)4-3-5-16-17-6-7-19(23)21(17,2)9-8-18(16)20/h4,16-18H,3,5-14H2,1-2H3. The second-order valence-corrected chi connectivity index (χ2v) is 9.80. The van der Waals surface area contributed by atoms with Gasteiger partial charge in [-0.2, -0.15) is 0 Å². The van der Waals surface area contributed by atoms with Crippen LogP contribution in [-0.4, -0.2) is 24.8 Å². The molecule has 0 bridgehead atoms. The fraction of sp³-hybridized carbons (Fsp3) is 0.864. The van der Waals surface area contributed by atoms with Gasteiger partial charge in [-0.15, -0.1) is 0 Å². The number of hydrogen-bond acceptors (Lipinski definition) is 3. The van der Waals surface area contributed by atoms with Crippen LogP contribution < -0.4 is 0 Å². The molecule has 1 spiro atoms. The first-order chi connectivity index (χ1) is 12.0. The minimum absolute atomic E-state index is 0.0183. The number of fused-ring (bicyclic) bond motifs is 5. The highest BCUT2D eigenvalue weighted by Gasteiger charge is 2.59. The lowest BCUT2D eigenvalue weighted by Crippen LogP contribution is -2.50. The SMILES string of the molecule is CC12CCC3C(CCC=C4CC5(CCC43C)OCCO5)C1CCC2=O. The van der Waals surface area contributed by atoms with Crippen molar-refractivity contribution in [3.05, 3.63) is 11.6 Å². The van der Waals surface area contributed by atoms with Crippen molar-refractivity contribution in [3.8, 4) is 0 Å². The van der Waals surface area contributed by atoms with Gasteiger partial charge in [-0.1, -0.05) is 25.5 Å². The van der Waals surface area contributed by atoms with E-state index in [1.54, 1.807) is 5.57 Å². The summed E-state index contributed by atoms with van der Waals surface area (Å²) >= 11 is 0. The average Bonchev–Trinajstić information content (AvgIpc) is 3.13. The summed E-state index contributed by atoms with van der Waals surface area (Å²) in [5.74, 6) is 2.32. The maximum absolute atomic E-state index is 12.6. The molecule has 0 aromatic heterocycles. The molecule has 3 saturated carbocycles. The predicted octanol–water partition coefficient (Wildman–Crippen LogP) is 4.65. The number of ketones is 1. The van der Waals surface area contributed by atoms with Crippen molar-refractivity contribution in [2.45, 2.75) is 77.4 Å². The number of hydrogen-bond donors (Lipinski definition) is 0. The van der Waals surface area contributed by atoms with Gasteiger partial charge in [-0.3, -0.25) is 4.79 Å². The van der Waals surface area contributed by atoms with Crippen LogP contribution in [0.15, 0.2) is 11.6 Å². The highest BCUT2D eigenvalue weighted by molar-refractivity contribution is 5.87. The third-order valence-electron chi connectivity index (χ3n) is 8.89. The Morgan fingerprint density at radius 3 is 2.52 bits per heavy atom. The van der Waals surface area contributed by atoms with Crippen LogP contribution in [0.4, 0.5) is 0 Å². The quantitative estimate of drug-likeness (QED) is 0.600. The van der Waals surface area contributed by atoms with E-state index in [0.29, 0.717) is 11.7 Å². The Balaban J connectivity index is 1.47. The third kappa shape index (κ3) is 2.21. The molecule has 5 rings (SSSR count). The Labute approximate surface area is 151 Å². The first kappa shape index (κ1) is 16.5. The minimum atomic E-state index is -0.322. The summed E-state index contributed by atoms with van der Waals surface area (Å²) in [6.45, 7) is 6.29. The Kier molecular flexibility index (Phi) is 3.58. The molecular weight excluding hydrogens is 312 g/mol. The zero-order valence-electron chi connectivity index (χ0n) is 15.8. The second kappa shape index (κ2) is 5.42. The predicted molar refractivity (Wildman–Crippen MR) is 96.0 cm³/mol. The summed E-state index contributed by atoms with van der Waals surface area (Å²) in [7, 11) is 0. The van der Waals surface area contributed by atoms with E-state index in [1.165, 1.54) is 25.7 Å². The van der Waals surface area contributed by atoms with Crippen molar-refractivity contribution in [3.63, 3.8) is 0 Å². The molecule has 5 aliphatic rings. The molecule has 0 N–H and O–H groups in total. The maximum atomic E-state index is 12.6. The Bertz CT molecular complexity index is 617. The average molecular weight is 344 g/mol. The van der Waals surface area contributed by atoms with Crippen molar-refractivity contribution >= 4 is 5.78 Å². The van der Waals surface area contributed by atoms with Crippen molar-refractivity contribution in [2.75, 3.05) is 13.2 Å². The molecule has 0 amide bonds. The molecular formula is C22H32O3. The van der Waals surface area contributed by atoms with E-state index in [0.717, 1.165) is 57.2 Å². The van der Waals surface area contributed by atoms with Crippen LogP contribution in [0.25, 0.3) is 0 Å². The maximum Gasteiger partial charge on any atom is 0.172 e. The smallest absolute Gasteiger partial charge is 0.172 e. The molecule has 1 aliphatic heterocycles. The van der Waals surface area contributed by atoms with Crippen LogP contribution >= 0.6 is 0 Å². The number of allylic oxidation sites excluding steroid dienone is 1. The molecule has 3 heteroatoms. The number of ether oxygens (including phenoxy) is 2. The van der Waals surface area contributed by atoms with Gasteiger partial charge in [-0.25, -0.2) is 0 Å². The molecule has 0 aromatic rings. The molecule has 5 atom stereocenters. The van der Waals surface area contributed by atoms with E-state index in [2.05, 4.69) is 19.9 Å². The van der Waals surface area contributed by atoms with E-state index in [-0.39, 0.29) is 16.6 Å². The van der Waals surface area contributed by atoms with Crippen LogP contribution in [0.3, 0.4) is 0 Å². The third-order valence-corrected chi connectivity index (χ3v) is 8.89. The summed E-state index contributed by atoms with van der Waals surface area (Å²) in [5, 5.41) is 0. The topological polar surface area (TPSA) is 35.5 Å². The van der Waals surface area contributed by atoms with Crippen molar-refractivity contribution in [2.24, 2.45) is 28.6 Å². The fourth-order valence-electron chi connectivity index (χ4n) is 7.37. The molecule has 138 valence electrons. The van der Waals surface area contributed by atoms with Crippen molar-refractivity contribution < 1.29 is 14.3 Å². The Morgan fingerprint density at radius 2 is 1.72 bits per heavy atom. The summed E-state index contributed by atoms with van der Waals surface area (Å²) in [4.78, 5) is 12.6. The van der Waals surface area contributed by atoms with E-state index < -0.39 is 0 Å².